The van der Waals surface area contributed by atoms with Crippen molar-refractivity contribution in [1.29, 1.82) is 0 Å². The minimum absolute atomic E-state index is 0. The van der Waals surface area contributed by atoms with Gasteiger partial charge in [0.2, 0.25) is 6.33 Å². The summed E-state index contributed by atoms with van der Waals surface area (Å²) in [7, 11) is 1.94. The number of rotatable bonds is 2. The minimum Gasteiger partial charge on any atom is -1.00 e. The molecule has 0 aliphatic carbocycles. The van der Waals surface area contributed by atoms with E-state index in [-0.39, 0.29) is 36.4 Å². The molecule has 80 valence electrons. The first-order valence-corrected chi connectivity index (χ1v) is 4.40. The molecule has 1 aromatic heterocycles. The van der Waals surface area contributed by atoms with E-state index in [1.165, 1.54) is 0 Å². The van der Waals surface area contributed by atoms with E-state index >= 15 is 0 Å². The molecule has 1 amide bonds. The lowest BCUT2D eigenvalue weighted by Crippen LogP contribution is -3.00. The van der Waals surface area contributed by atoms with Crippen molar-refractivity contribution in [2.24, 2.45) is 12.8 Å². The number of carbonyl (C=O) groups is 1. The van der Waals surface area contributed by atoms with Crippen molar-refractivity contribution in [3.63, 3.8) is 0 Å². The normalized spacial score (nSPS) is 9.93. The number of hydrogen-bond acceptors (Lipinski definition) is 1. The number of nitrogens with zero attached hydrogens (tertiary/aromatic N) is 2. The molecular weight excluding hydrogens is 305 g/mol. The summed E-state index contributed by atoms with van der Waals surface area (Å²) in [5, 5.41) is 0. The molecule has 0 saturated carbocycles. The number of carbonyl (C=O) groups excluding carboxylic acids is 1. The smallest absolute Gasteiger partial charge is 0.259 e. The van der Waals surface area contributed by atoms with Gasteiger partial charge in [-0.2, -0.15) is 0 Å². The van der Waals surface area contributed by atoms with E-state index < -0.39 is 0 Å². The summed E-state index contributed by atoms with van der Waals surface area (Å²) in [5.41, 5.74) is 7.27. The van der Waals surface area contributed by atoms with Gasteiger partial charge in [0, 0.05) is 0 Å². The molecule has 5 heteroatoms. The van der Waals surface area contributed by atoms with E-state index in [0.717, 1.165) is 11.0 Å². The fourth-order valence-corrected chi connectivity index (χ4v) is 1.63. The van der Waals surface area contributed by atoms with Gasteiger partial charge >= 0.3 is 0 Å². The number of aromatic nitrogens is 2. The molecule has 1 heterocycles. The average Bonchev–Trinajstić information content (AvgIpc) is 2.44. The minimum atomic E-state index is -0.327. The second-order valence-electron chi connectivity index (χ2n) is 3.31. The molecule has 0 fully saturated rings. The fourth-order valence-electron chi connectivity index (χ4n) is 1.63. The molecule has 1 aromatic carbocycles. The van der Waals surface area contributed by atoms with Crippen LogP contribution in [0.25, 0.3) is 11.0 Å². The van der Waals surface area contributed by atoms with Crippen molar-refractivity contribution in [2.75, 3.05) is 0 Å². The zero-order valence-corrected chi connectivity index (χ0v) is 10.5. The summed E-state index contributed by atoms with van der Waals surface area (Å²) in [5.74, 6) is -0.327. The summed E-state index contributed by atoms with van der Waals surface area (Å²) in [6, 6.07) is 7.89. The zero-order valence-electron chi connectivity index (χ0n) is 8.35. The first kappa shape index (κ1) is 12.0. The lowest BCUT2D eigenvalue weighted by Gasteiger charge is -1.91. The molecule has 0 bridgehead atoms. The number of nitrogens with two attached hydrogens (primary N) is 1. The summed E-state index contributed by atoms with van der Waals surface area (Å²) in [6.07, 6.45) is 1.87. The molecular formula is C10H12IN3O. The molecule has 2 N–H and O–H groups in total. The number of halogens is 1. The van der Waals surface area contributed by atoms with Crippen LogP contribution < -0.4 is 34.3 Å². The third-order valence-corrected chi connectivity index (χ3v) is 2.21. The van der Waals surface area contributed by atoms with Crippen LogP contribution in [-0.2, 0) is 18.4 Å². The molecule has 2 aromatic rings. The number of fused-ring (bicyclic) bond motifs is 1. The van der Waals surface area contributed by atoms with E-state index in [9.17, 15) is 4.79 Å². The van der Waals surface area contributed by atoms with E-state index in [1.807, 2.05) is 46.8 Å². The van der Waals surface area contributed by atoms with Crippen LogP contribution in [0.5, 0.6) is 0 Å². The number of benzene rings is 1. The number of aryl methyl sites for hydroxylation is 1. The van der Waals surface area contributed by atoms with Gasteiger partial charge in [-0.05, 0) is 12.1 Å². The first-order valence-electron chi connectivity index (χ1n) is 4.40. The van der Waals surface area contributed by atoms with Crippen LogP contribution in [-0.4, -0.2) is 10.5 Å². The Balaban J connectivity index is 0.00000112. The Hall–Kier alpha value is -1.11. The van der Waals surface area contributed by atoms with E-state index in [4.69, 9.17) is 5.73 Å². The highest BCUT2D eigenvalue weighted by atomic mass is 127. The van der Waals surface area contributed by atoms with Gasteiger partial charge in [0.25, 0.3) is 5.91 Å². The summed E-state index contributed by atoms with van der Waals surface area (Å²) >= 11 is 0. The maximum absolute atomic E-state index is 10.8. The highest BCUT2D eigenvalue weighted by Crippen LogP contribution is 2.09. The number of para-hydroxylation sites is 2. The molecule has 0 spiro atoms. The standard InChI is InChI=1S/C10H11N3O.HI/c1-12-7-13(6-10(11)14)9-5-3-2-4-8(9)12;/h2-5,7H,6H2,1H3,(H-,11,14);1H. The van der Waals surface area contributed by atoms with Crippen molar-refractivity contribution in [3.05, 3.63) is 30.6 Å². The largest absolute Gasteiger partial charge is 1.00 e. The third kappa shape index (κ3) is 2.28. The SMILES string of the molecule is C[n+]1cn(CC(N)=O)c2ccccc21.[I-]. The molecule has 0 unspecified atom stereocenters. The maximum Gasteiger partial charge on any atom is 0.259 e. The summed E-state index contributed by atoms with van der Waals surface area (Å²) in [4.78, 5) is 10.8. The second-order valence-corrected chi connectivity index (χ2v) is 3.31. The molecule has 0 aliphatic rings. The molecule has 0 saturated heterocycles. The Morgan fingerprint density at radius 1 is 1.47 bits per heavy atom. The molecule has 0 aliphatic heterocycles. The molecule has 0 radical (unpaired) electrons. The third-order valence-electron chi connectivity index (χ3n) is 2.21. The average molecular weight is 317 g/mol. The van der Waals surface area contributed by atoms with Crippen LogP contribution in [0.2, 0.25) is 0 Å². The van der Waals surface area contributed by atoms with Crippen LogP contribution in [0.15, 0.2) is 30.6 Å². The lowest BCUT2D eigenvalue weighted by molar-refractivity contribution is -0.645. The van der Waals surface area contributed by atoms with Crippen LogP contribution in [0.1, 0.15) is 0 Å². The number of amides is 1. The van der Waals surface area contributed by atoms with Gasteiger partial charge in [-0.15, -0.1) is 0 Å². The van der Waals surface area contributed by atoms with Crippen molar-refractivity contribution >= 4 is 16.9 Å². The van der Waals surface area contributed by atoms with Crippen LogP contribution >= 0.6 is 0 Å². The fraction of sp³-hybridized carbons (Fsp3) is 0.200. The van der Waals surface area contributed by atoms with Crippen LogP contribution in [0.4, 0.5) is 0 Å². The quantitative estimate of drug-likeness (QED) is 0.465. The summed E-state index contributed by atoms with van der Waals surface area (Å²) in [6.45, 7) is 0.224. The van der Waals surface area contributed by atoms with Gasteiger partial charge in [0.1, 0.15) is 0 Å². The van der Waals surface area contributed by atoms with Gasteiger partial charge in [0.15, 0.2) is 17.6 Å². The number of imidazole rings is 1. The first-order chi connectivity index (χ1) is 6.68. The highest BCUT2D eigenvalue weighted by molar-refractivity contribution is 5.77. The van der Waals surface area contributed by atoms with Crippen LogP contribution in [0.3, 0.4) is 0 Å². The number of hydrogen-bond donors (Lipinski definition) is 1. The second kappa shape index (κ2) is 4.61. The van der Waals surface area contributed by atoms with Crippen molar-refractivity contribution in [1.82, 2.24) is 4.57 Å². The highest BCUT2D eigenvalue weighted by Gasteiger charge is 2.13. The van der Waals surface area contributed by atoms with E-state index in [0.29, 0.717) is 0 Å². The van der Waals surface area contributed by atoms with Gasteiger partial charge in [0.05, 0.1) is 7.05 Å². The van der Waals surface area contributed by atoms with Crippen LogP contribution in [0, 0.1) is 0 Å². The Kier molecular flexibility index (Phi) is 3.67. The molecule has 0 atom stereocenters. The predicted molar refractivity (Wildman–Crippen MR) is 52.3 cm³/mol. The van der Waals surface area contributed by atoms with Gasteiger partial charge in [-0.1, -0.05) is 12.1 Å². The van der Waals surface area contributed by atoms with Crippen molar-refractivity contribution in [3.8, 4) is 0 Å². The van der Waals surface area contributed by atoms with E-state index in [2.05, 4.69) is 0 Å². The van der Waals surface area contributed by atoms with Gasteiger partial charge < -0.3 is 29.7 Å². The Morgan fingerprint density at radius 2 is 2.13 bits per heavy atom. The van der Waals surface area contributed by atoms with E-state index in [1.54, 1.807) is 0 Å². The monoisotopic (exact) mass is 317 g/mol. The van der Waals surface area contributed by atoms with Crippen molar-refractivity contribution in [2.45, 2.75) is 6.54 Å². The topological polar surface area (TPSA) is 51.9 Å². The zero-order chi connectivity index (χ0) is 10.1. The Bertz CT molecular complexity index is 492. The maximum atomic E-state index is 10.8. The summed E-state index contributed by atoms with van der Waals surface area (Å²) < 4.78 is 3.82. The molecule has 4 nitrogen and oxygen atoms in total. The Morgan fingerprint density at radius 3 is 2.80 bits per heavy atom. The number of primary amides is 1. The van der Waals surface area contributed by atoms with Gasteiger partial charge in [-0.3, -0.25) is 4.79 Å². The van der Waals surface area contributed by atoms with Crippen molar-refractivity contribution < 1.29 is 33.3 Å². The predicted octanol–water partition coefficient (Wildman–Crippen LogP) is -3.04. The lowest BCUT2D eigenvalue weighted by atomic mass is 10.3. The molecule has 2 rings (SSSR count). The molecule has 15 heavy (non-hydrogen) atoms. The Labute approximate surface area is 105 Å². The van der Waals surface area contributed by atoms with Gasteiger partial charge in [-0.25, -0.2) is 9.13 Å².